The molecule has 0 saturated carbocycles. The maximum atomic E-state index is 14.1. The Hall–Kier alpha value is -2.81. The van der Waals surface area contributed by atoms with Crippen LogP contribution in [-0.4, -0.2) is 47.9 Å². The number of halogens is 2. The molecule has 0 aromatic heterocycles. The number of imide groups is 1. The van der Waals surface area contributed by atoms with Crippen LogP contribution in [0.5, 0.6) is 0 Å². The molecule has 31 heavy (non-hydrogen) atoms. The maximum absolute atomic E-state index is 14.1. The van der Waals surface area contributed by atoms with E-state index in [1.165, 1.54) is 11.0 Å². The number of nitrogens with one attached hydrogen (secondary N) is 3. The highest BCUT2D eigenvalue weighted by molar-refractivity contribution is 6.20. The molecule has 2 heterocycles. The number of carbonyl (C=O) groups is 3. The second-order valence-electron chi connectivity index (χ2n) is 7.98. The normalized spacial score (nSPS) is 21.5. The van der Waals surface area contributed by atoms with Crippen LogP contribution < -0.4 is 16.0 Å². The van der Waals surface area contributed by atoms with E-state index in [0.717, 1.165) is 37.8 Å². The molecule has 3 rings (SSSR count). The molecule has 1 aromatic carbocycles. The van der Waals surface area contributed by atoms with E-state index in [2.05, 4.69) is 22.9 Å². The summed E-state index contributed by atoms with van der Waals surface area (Å²) in [6.07, 6.45) is 4.09. The Bertz CT molecular complexity index is 898. The molecule has 1 atom stereocenters. The van der Waals surface area contributed by atoms with Crippen LogP contribution in [0.2, 0.25) is 0 Å². The molecule has 0 aliphatic carbocycles. The first-order valence-corrected chi connectivity index (χ1v) is 10.6. The third kappa shape index (κ3) is 4.46. The second kappa shape index (κ2) is 9.55. The average molecular weight is 434 g/mol. The van der Waals surface area contributed by atoms with Gasteiger partial charge in [0, 0.05) is 25.2 Å². The van der Waals surface area contributed by atoms with Gasteiger partial charge in [0.15, 0.2) is 0 Å². The number of urea groups is 1. The van der Waals surface area contributed by atoms with Crippen LogP contribution in [0, 0.1) is 11.6 Å². The molecule has 1 aromatic rings. The summed E-state index contributed by atoms with van der Waals surface area (Å²) in [7, 11) is 0. The van der Waals surface area contributed by atoms with Crippen LogP contribution in [0.25, 0.3) is 0 Å². The van der Waals surface area contributed by atoms with Gasteiger partial charge in [-0.05, 0) is 25.5 Å². The average Bonchev–Trinajstić information content (AvgIpc) is 3.00. The van der Waals surface area contributed by atoms with Crippen LogP contribution in [0.15, 0.2) is 29.3 Å². The number of para-hydroxylation sites is 1. The minimum absolute atomic E-state index is 0.216. The minimum Gasteiger partial charge on any atom is -0.312 e. The second-order valence-corrected chi connectivity index (χ2v) is 7.98. The fourth-order valence-electron chi connectivity index (χ4n) is 4.40. The molecule has 0 spiro atoms. The molecular weight excluding hydrogens is 406 g/mol. The van der Waals surface area contributed by atoms with Crippen molar-refractivity contribution in [1.29, 1.82) is 0 Å². The third-order valence-electron chi connectivity index (χ3n) is 5.97. The summed E-state index contributed by atoms with van der Waals surface area (Å²) in [5.41, 5.74) is -1.13. The lowest BCUT2D eigenvalue weighted by Crippen LogP contribution is -2.65. The van der Waals surface area contributed by atoms with Gasteiger partial charge in [0.1, 0.15) is 17.3 Å². The number of unbranched alkanes of at least 4 members (excludes halogenated alkanes) is 3. The van der Waals surface area contributed by atoms with Gasteiger partial charge in [0.2, 0.25) is 0 Å². The zero-order valence-electron chi connectivity index (χ0n) is 17.8. The highest BCUT2D eigenvalue weighted by Crippen LogP contribution is 2.37. The molecule has 1 unspecified atom stereocenters. The standard InChI is InChI=1S/C22H28F2N4O3/c1-3-4-5-6-10-22(17-14(2)19(29)27-20(17)30)13-25-11-12-28(22)21(31)26-18-15(23)8-7-9-16(18)24/h7-9,25H,3-6,10-13H2,1-2H3,(H,26,31)(H,27,29,30). The molecule has 2 aliphatic rings. The summed E-state index contributed by atoms with van der Waals surface area (Å²) in [4.78, 5) is 39.6. The Balaban J connectivity index is 1.99. The quantitative estimate of drug-likeness (QED) is 0.454. The smallest absolute Gasteiger partial charge is 0.312 e. The van der Waals surface area contributed by atoms with Crippen LogP contribution in [0.4, 0.5) is 19.3 Å². The number of hydrogen-bond acceptors (Lipinski definition) is 4. The van der Waals surface area contributed by atoms with Crippen molar-refractivity contribution in [2.24, 2.45) is 0 Å². The van der Waals surface area contributed by atoms with Crippen molar-refractivity contribution in [2.45, 2.75) is 51.5 Å². The number of rotatable bonds is 7. The van der Waals surface area contributed by atoms with Crippen molar-refractivity contribution in [3.8, 4) is 0 Å². The topological polar surface area (TPSA) is 90.5 Å². The van der Waals surface area contributed by atoms with Gasteiger partial charge in [0.05, 0.1) is 11.1 Å². The van der Waals surface area contributed by atoms with Gasteiger partial charge >= 0.3 is 6.03 Å². The first-order valence-electron chi connectivity index (χ1n) is 10.6. The Labute approximate surface area is 180 Å². The highest BCUT2D eigenvalue weighted by Gasteiger charge is 2.50. The van der Waals surface area contributed by atoms with Crippen LogP contribution >= 0.6 is 0 Å². The van der Waals surface area contributed by atoms with E-state index in [1.54, 1.807) is 6.92 Å². The van der Waals surface area contributed by atoms with Gasteiger partial charge in [0.25, 0.3) is 11.8 Å². The largest absolute Gasteiger partial charge is 0.322 e. The summed E-state index contributed by atoms with van der Waals surface area (Å²) in [5, 5.41) is 7.87. The molecule has 1 fully saturated rings. The molecular formula is C22H28F2N4O3. The number of anilines is 1. The molecule has 2 aliphatic heterocycles. The van der Waals surface area contributed by atoms with Crippen LogP contribution in [-0.2, 0) is 9.59 Å². The molecule has 3 N–H and O–H groups in total. The number of hydrogen-bond donors (Lipinski definition) is 3. The summed E-state index contributed by atoms with van der Waals surface area (Å²) >= 11 is 0. The number of piperazine rings is 1. The lowest BCUT2D eigenvalue weighted by Gasteiger charge is -2.48. The van der Waals surface area contributed by atoms with Crippen molar-refractivity contribution in [3.63, 3.8) is 0 Å². The molecule has 0 radical (unpaired) electrons. The van der Waals surface area contributed by atoms with Gasteiger partial charge in [-0.2, -0.15) is 0 Å². The zero-order chi connectivity index (χ0) is 22.6. The first kappa shape index (κ1) is 22.9. The number of amides is 4. The fraction of sp³-hybridized carbons (Fsp3) is 0.500. The zero-order valence-corrected chi connectivity index (χ0v) is 17.8. The van der Waals surface area contributed by atoms with Gasteiger partial charge in [-0.15, -0.1) is 0 Å². The van der Waals surface area contributed by atoms with E-state index < -0.39 is 40.7 Å². The van der Waals surface area contributed by atoms with E-state index >= 15 is 0 Å². The third-order valence-corrected chi connectivity index (χ3v) is 5.97. The van der Waals surface area contributed by atoms with Gasteiger partial charge in [-0.25, -0.2) is 13.6 Å². The molecule has 4 amide bonds. The number of carbonyl (C=O) groups excluding carboxylic acids is 3. The van der Waals surface area contributed by atoms with Crippen molar-refractivity contribution >= 4 is 23.5 Å². The van der Waals surface area contributed by atoms with Gasteiger partial charge in [-0.3, -0.25) is 14.9 Å². The van der Waals surface area contributed by atoms with Crippen molar-refractivity contribution in [1.82, 2.24) is 15.5 Å². The van der Waals surface area contributed by atoms with E-state index in [1.807, 2.05) is 0 Å². The van der Waals surface area contributed by atoms with Crippen LogP contribution in [0.3, 0.4) is 0 Å². The Morgan fingerprint density at radius 1 is 1.16 bits per heavy atom. The Morgan fingerprint density at radius 3 is 2.48 bits per heavy atom. The Morgan fingerprint density at radius 2 is 1.87 bits per heavy atom. The first-order chi connectivity index (χ1) is 14.8. The van der Waals surface area contributed by atoms with Crippen molar-refractivity contribution in [2.75, 3.05) is 25.0 Å². The van der Waals surface area contributed by atoms with Gasteiger partial charge < -0.3 is 15.5 Å². The van der Waals surface area contributed by atoms with E-state index in [0.29, 0.717) is 13.0 Å². The van der Waals surface area contributed by atoms with Crippen molar-refractivity contribution in [3.05, 3.63) is 41.0 Å². The SMILES string of the molecule is CCCCCCC1(C2=C(C)C(=O)NC2=O)CNCCN1C(=O)Nc1c(F)cccc1F. The minimum atomic E-state index is -1.10. The highest BCUT2D eigenvalue weighted by atomic mass is 19.1. The number of nitrogens with zero attached hydrogens (tertiary/aromatic N) is 1. The lowest BCUT2D eigenvalue weighted by atomic mass is 9.79. The summed E-state index contributed by atoms with van der Waals surface area (Å²) < 4.78 is 28.3. The predicted molar refractivity (Wildman–Crippen MR) is 112 cm³/mol. The molecule has 1 saturated heterocycles. The van der Waals surface area contributed by atoms with Crippen LogP contribution in [0.1, 0.15) is 46.0 Å². The summed E-state index contributed by atoms with van der Waals surface area (Å²) in [6.45, 7) is 4.57. The van der Waals surface area contributed by atoms with E-state index in [-0.39, 0.29) is 24.2 Å². The monoisotopic (exact) mass is 434 g/mol. The molecule has 9 heteroatoms. The predicted octanol–water partition coefficient (Wildman–Crippen LogP) is 3.08. The maximum Gasteiger partial charge on any atom is 0.322 e. The molecule has 0 bridgehead atoms. The van der Waals surface area contributed by atoms with E-state index in [4.69, 9.17) is 0 Å². The summed E-state index contributed by atoms with van der Waals surface area (Å²) in [6, 6.07) is 2.62. The van der Waals surface area contributed by atoms with E-state index in [9.17, 15) is 23.2 Å². The van der Waals surface area contributed by atoms with Gasteiger partial charge in [-0.1, -0.05) is 38.7 Å². The molecule has 168 valence electrons. The lowest BCUT2D eigenvalue weighted by molar-refractivity contribution is -0.124. The summed E-state index contributed by atoms with van der Waals surface area (Å²) in [5.74, 6) is -2.79. The fourth-order valence-corrected chi connectivity index (χ4v) is 4.40. The Kier molecular flexibility index (Phi) is 7.04. The number of benzene rings is 1. The molecule has 7 nitrogen and oxygen atoms in total. The van der Waals surface area contributed by atoms with Crippen molar-refractivity contribution < 1.29 is 23.2 Å².